The quantitative estimate of drug-likeness (QED) is 0.857. The Hall–Kier alpha value is -1.20. The van der Waals surface area contributed by atoms with Crippen LogP contribution in [0.25, 0.3) is 0 Å². The fraction of sp³-hybridized carbons (Fsp3) is 0.400. The molecule has 0 aliphatic carbocycles. The topological polar surface area (TPSA) is 50.9 Å². The normalized spacial score (nSPS) is 13.0. The molecule has 2 aromatic heterocycles. The Kier molecular flexibility index (Phi) is 2.83. The molecule has 1 unspecified atom stereocenters. The van der Waals surface area contributed by atoms with Gasteiger partial charge < -0.3 is 5.11 Å². The molecule has 0 aliphatic rings. The van der Waals surface area contributed by atoms with E-state index in [0.29, 0.717) is 6.42 Å². The number of aliphatic hydroxyl groups excluding tert-OH is 1. The fourth-order valence-electron chi connectivity index (χ4n) is 1.57. The van der Waals surface area contributed by atoms with Crippen molar-refractivity contribution in [3.63, 3.8) is 0 Å². The molecule has 5 heteroatoms. The summed E-state index contributed by atoms with van der Waals surface area (Å²) >= 11 is 1.56. The second-order valence-corrected chi connectivity index (χ2v) is 4.47. The minimum absolute atomic E-state index is 0.509. The van der Waals surface area contributed by atoms with Gasteiger partial charge in [-0.2, -0.15) is 5.10 Å². The molecule has 0 aliphatic heterocycles. The fourth-order valence-corrected chi connectivity index (χ4v) is 2.23. The lowest BCUT2D eigenvalue weighted by atomic mass is 10.1. The average molecular weight is 223 g/mol. The number of rotatable bonds is 3. The van der Waals surface area contributed by atoms with Gasteiger partial charge in [-0.15, -0.1) is 11.3 Å². The minimum atomic E-state index is -0.509. The number of aromatic nitrogens is 3. The molecule has 2 heterocycles. The predicted octanol–water partition coefficient (Wildman–Crippen LogP) is 1.46. The van der Waals surface area contributed by atoms with Gasteiger partial charge >= 0.3 is 0 Å². The van der Waals surface area contributed by atoms with Crippen LogP contribution in [-0.4, -0.2) is 19.9 Å². The number of aliphatic hydroxyl groups is 1. The number of aryl methyl sites for hydroxylation is 2. The van der Waals surface area contributed by atoms with Crippen LogP contribution >= 0.6 is 11.3 Å². The SMILES string of the molecule is Cc1nn(C)cc1C(O)Cc1nccs1. The molecule has 0 aromatic carbocycles. The number of hydrogen-bond donors (Lipinski definition) is 1. The van der Waals surface area contributed by atoms with E-state index < -0.39 is 6.10 Å². The molecule has 2 aromatic rings. The monoisotopic (exact) mass is 223 g/mol. The molecule has 0 bridgehead atoms. The molecule has 0 saturated heterocycles. The summed E-state index contributed by atoms with van der Waals surface area (Å²) in [4.78, 5) is 4.15. The highest BCUT2D eigenvalue weighted by molar-refractivity contribution is 7.09. The van der Waals surface area contributed by atoms with E-state index in [4.69, 9.17) is 0 Å². The highest BCUT2D eigenvalue weighted by atomic mass is 32.1. The highest BCUT2D eigenvalue weighted by Gasteiger charge is 2.15. The van der Waals surface area contributed by atoms with Gasteiger partial charge in [0.2, 0.25) is 0 Å². The van der Waals surface area contributed by atoms with Gasteiger partial charge in [0, 0.05) is 36.8 Å². The Morgan fingerprint density at radius 1 is 1.60 bits per heavy atom. The van der Waals surface area contributed by atoms with Gasteiger partial charge in [0.1, 0.15) is 0 Å². The lowest BCUT2D eigenvalue weighted by Crippen LogP contribution is -2.01. The molecule has 0 fully saturated rings. The molecule has 15 heavy (non-hydrogen) atoms. The van der Waals surface area contributed by atoms with Crippen LogP contribution in [-0.2, 0) is 13.5 Å². The molecule has 2 rings (SSSR count). The number of nitrogens with zero attached hydrogens (tertiary/aromatic N) is 3. The molecular weight excluding hydrogens is 210 g/mol. The number of thiazole rings is 1. The lowest BCUT2D eigenvalue weighted by molar-refractivity contribution is 0.177. The van der Waals surface area contributed by atoms with Gasteiger partial charge in [-0.3, -0.25) is 4.68 Å². The third kappa shape index (κ3) is 2.24. The molecule has 0 spiro atoms. The summed E-state index contributed by atoms with van der Waals surface area (Å²) in [5, 5.41) is 17.1. The molecule has 1 N–H and O–H groups in total. The Bertz CT molecular complexity index is 435. The highest BCUT2D eigenvalue weighted by Crippen LogP contribution is 2.21. The summed E-state index contributed by atoms with van der Waals surface area (Å²) < 4.78 is 1.72. The largest absolute Gasteiger partial charge is 0.388 e. The molecular formula is C10H13N3OS. The van der Waals surface area contributed by atoms with Crippen molar-refractivity contribution < 1.29 is 5.11 Å². The van der Waals surface area contributed by atoms with E-state index in [1.54, 1.807) is 22.2 Å². The predicted molar refractivity (Wildman–Crippen MR) is 58.7 cm³/mol. The summed E-state index contributed by atoms with van der Waals surface area (Å²) in [7, 11) is 1.85. The molecule has 4 nitrogen and oxygen atoms in total. The summed E-state index contributed by atoms with van der Waals surface area (Å²) in [6.45, 7) is 1.90. The Morgan fingerprint density at radius 2 is 2.40 bits per heavy atom. The maximum Gasteiger partial charge on any atom is 0.0954 e. The standard InChI is InChI=1S/C10H13N3OS/c1-7-8(6-13(2)12-7)9(14)5-10-11-3-4-15-10/h3-4,6,9,14H,5H2,1-2H3. The Morgan fingerprint density at radius 3 is 2.93 bits per heavy atom. The second-order valence-electron chi connectivity index (χ2n) is 3.49. The first-order valence-electron chi connectivity index (χ1n) is 4.73. The second kappa shape index (κ2) is 4.12. The van der Waals surface area contributed by atoms with Crippen molar-refractivity contribution >= 4 is 11.3 Å². The van der Waals surface area contributed by atoms with Gasteiger partial charge in [-0.1, -0.05) is 0 Å². The van der Waals surface area contributed by atoms with Crippen LogP contribution in [0.15, 0.2) is 17.8 Å². The third-order valence-corrected chi connectivity index (χ3v) is 3.06. The molecule has 0 radical (unpaired) electrons. The van der Waals surface area contributed by atoms with Crippen molar-refractivity contribution in [3.05, 3.63) is 34.0 Å². The van der Waals surface area contributed by atoms with Gasteiger partial charge in [-0.05, 0) is 6.92 Å². The first kappa shape index (κ1) is 10.3. The minimum Gasteiger partial charge on any atom is -0.388 e. The van der Waals surface area contributed by atoms with Crippen molar-refractivity contribution in [2.75, 3.05) is 0 Å². The van der Waals surface area contributed by atoms with E-state index in [2.05, 4.69) is 10.1 Å². The summed E-state index contributed by atoms with van der Waals surface area (Å²) in [6.07, 6.45) is 3.66. The number of hydrogen-bond acceptors (Lipinski definition) is 4. The summed E-state index contributed by atoms with van der Waals surface area (Å²) in [5.41, 5.74) is 1.76. The van der Waals surface area contributed by atoms with E-state index in [9.17, 15) is 5.11 Å². The first-order chi connectivity index (χ1) is 7.16. The van der Waals surface area contributed by atoms with E-state index >= 15 is 0 Å². The molecule has 1 atom stereocenters. The van der Waals surface area contributed by atoms with Crippen molar-refractivity contribution in [1.29, 1.82) is 0 Å². The van der Waals surface area contributed by atoms with Gasteiger partial charge in [-0.25, -0.2) is 4.98 Å². The summed E-state index contributed by atoms with van der Waals surface area (Å²) in [6, 6.07) is 0. The first-order valence-corrected chi connectivity index (χ1v) is 5.61. The smallest absolute Gasteiger partial charge is 0.0954 e. The van der Waals surface area contributed by atoms with E-state index in [-0.39, 0.29) is 0 Å². The zero-order chi connectivity index (χ0) is 10.8. The van der Waals surface area contributed by atoms with Gasteiger partial charge in [0.05, 0.1) is 16.8 Å². The van der Waals surface area contributed by atoms with E-state index in [0.717, 1.165) is 16.3 Å². The maximum absolute atomic E-state index is 10.00. The average Bonchev–Trinajstić information content (AvgIpc) is 2.75. The Labute approximate surface area is 92.2 Å². The van der Waals surface area contributed by atoms with Crippen LogP contribution in [0, 0.1) is 6.92 Å². The lowest BCUT2D eigenvalue weighted by Gasteiger charge is -2.06. The van der Waals surface area contributed by atoms with Gasteiger partial charge in [0.25, 0.3) is 0 Å². The van der Waals surface area contributed by atoms with E-state index in [1.807, 2.05) is 25.5 Å². The van der Waals surface area contributed by atoms with Crippen molar-refractivity contribution in [3.8, 4) is 0 Å². The zero-order valence-electron chi connectivity index (χ0n) is 8.71. The van der Waals surface area contributed by atoms with Crippen LogP contribution in [0.1, 0.15) is 22.4 Å². The van der Waals surface area contributed by atoms with Crippen LogP contribution in [0.5, 0.6) is 0 Å². The third-order valence-electron chi connectivity index (χ3n) is 2.26. The van der Waals surface area contributed by atoms with Crippen LogP contribution < -0.4 is 0 Å². The van der Waals surface area contributed by atoms with Crippen molar-refractivity contribution in [1.82, 2.24) is 14.8 Å². The van der Waals surface area contributed by atoms with Crippen LogP contribution in [0.4, 0.5) is 0 Å². The van der Waals surface area contributed by atoms with Gasteiger partial charge in [0.15, 0.2) is 0 Å². The van der Waals surface area contributed by atoms with Crippen LogP contribution in [0.2, 0.25) is 0 Å². The molecule has 0 amide bonds. The molecule has 0 saturated carbocycles. The summed E-state index contributed by atoms with van der Waals surface area (Å²) in [5.74, 6) is 0. The van der Waals surface area contributed by atoms with E-state index in [1.165, 1.54) is 0 Å². The maximum atomic E-state index is 10.00. The van der Waals surface area contributed by atoms with Crippen molar-refractivity contribution in [2.45, 2.75) is 19.4 Å². The van der Waals surface area contributed by atoms with Crippen molar-refractivity contribution in [2.24, 2.45) is 7.05 Å². The molecule has 80 valence electrons. The zero-order valence-corrected chi connectivity index (χ0v) is 9.53. The van der Waals surface area contributed by atoms with Crippen LogP contribution in [0.3, 0.4) is 0 Å². The Balaban J connectivity index is 2.14.